The Kier molecular flexibility index (Phi) is 3.96. The molecule has 0 radical (unpaired) electrons. The smallest absolute Gasteiger partial charge is 0.274 e. The Morgan fingerprint density at radius 2 is 2.05 bits per heavy atom. The van der Waals surface area contributed by atoms with E-state index >= 15 is 0 Å². The van der Waals surface area contributed by atoms with Gasteiger partial charge in [0.05, 0.1) is 6.20 Å². The van der Waals surface area contributed by atoms with Crippen LogP contribution in [-0.4, -0.2) is 57.4 Å². The van der Waals surface area contributed by atoms with Crippen LogP contribution in [0.2, 0.25) is 0 Å². The van der Waals surface area contributed by atoms with Gasteiger partial charge in [0.1, 0.15) is 5.69 Å². The van der Waals surface area contributed by atoms with Gasteiger partial charge in [-0.3, -0.25) is 14.7 Å². The zero-order valence-electron chi connectivity index (χ0n) is 12.0. The molecule has 0 aliphatic carbocycles. The highest BCUT2D eigenvalue weighted by atomic mass is 16.2. The van der Waals surface area contributed by atoms with Gasteiger partial charge in [0.15, 0.2) is 0 Å². The summed E-state index contributed by atoms with van der Waals surface area (Å²) in [4.78, 5) is 25.3. The van der Waals surface area contributed by atoms with Crippen LogP contribution in [0.1, 0.15) is 43.1 Å². The maximum Gasteiger partial charge on any atom is 0.274 e. The zero-order valence-corrected chi connectivity index (χ0v) is 12.0. The van der Waals surface area contributed by atoms with Crippen LogP contribution >= 0.6 is 0 Å². The number of rotatable bonds is 3. The van der Waals surface area contributed by atoms with Crippen molar-refractivity contribution in [2.24, 2.45) is 0 Å². The Morgan fingerprint density at radius 1 is 1.25 bits per heavy atom. The minimum atomic E-state index is 0.0450. The van der Waals surface area contributed by atoms with Gasteiger partial charge in [0.25, 0.3) is 5.91 Å². The lowest BCUT2D eigenvalue weighted by molar-refractivity contribution is 0.0643. The van der Waals surface area contributed by atoms with Gasteiger partial charge in [-0.2, -0.15) is 0 Å². The van der Waals surface area contributed by atoms with Crippen molar-refractivity contribution in [1.29, 1.82) is 0 Å². The minimum absolute atomic E-state index is 0.0450. The van der Waals surface area contributed by atoms with Gasteiger partial charge in [-0.05, 0) is 38.8 Å². The molecule has 3 rings (SSSR count). The van der Waals surface area contributed by atoms with Gasteiger partial charge >= 0.3 is 0 Å². The van der Waals surface area contributed by atoms with Crippen LogP contribution in [0.15, 0.2) is 18.6 Å². The fraction of sp³-hybridized carbons (Fsp3) is 0.667. The normalized spacial score (nSPS) is 27.1. The number of carbonyl (C=O) groups excluding carboxylic acids is 1. The van der Waals surface area contributed by atoms with Crippen LogP contribution in [0, 0.1) is 0 Å². The average Bonchev–Trinajstić information content (AvgIpc) is 3.15. The van der Waals surface area contributed by atoms with Crippen molar-refractivity contribution in [2.45, 2.75) is 44.7 Å². The summed E-state index contributed by atoms with van der Waals surface area (Å²) in [6, 6.07) is 0.884. The molecular formula is C15H22N4O. The topological polar surface area (TPSA) is 49.3 Å². The van der Waals surface area contributed by atoms with Gasteiger partial charge in [0, 0.05) is 31.0 Å². The first-order chi connectivity index (χ1) is 9.81. The molecule has 2 fully saturated rings. The maximum atomic E-state index is 12.6. The molecule has 5 nitrogen and oxygen atoms in total. The molecule has 0 spiro atoms. The molecule has 5 heteroatoms. The van der Waals surface area contributed by atoms with E-state index in [1.54, 1.807) is 18.6 Å². The van der Waals surface area contributed by atoms with Crippen LogP contribution in [0.25, 0.3) is 0 Å². The number of aromatic nitrogens is 2. The van der Waals surface area contributed by atoms with Crippen LogP contribution in [0.3, 0.4) is 0 Å². The van der Waals surface area contributed by atoms with Gasteiger partial charge in [-0.1, -0.05) is 6.92 Å². The van der Waals surface area contributed by atoms with E-state index in [0.29, 0.717) is 17.8 Å². The molecule has 0 saturated carbocycles. The Bertz CT molecular complexity index is 464. The molecule has 0 N–H and O–H groups in total. The average molecular weight is 274 g/mol. The largest absolute Gasteiger partial charge is 0.333 e. The molecule has 0 bridgehead atoms. The Balaban J connectivity index is 1.77. The third kappa shape index (κ3) is 2.42. The number of hydrogen-bond donors (Lipinski definition) is 0. The Hall–Kier alpha value is -1.49. The van der Waals surface area contributed by atoms with E-state index in [4.69, 9.17) is 0 Å². The second-order valence-electron chi connectivity index (χ2n) is 5.64. The van der Waals surface area contributed by atoms with E-state index in [0.717, 1.165) is 25.9 Å². The molecule has 2 saturated heterocycles. The lowest BCUT2D eigenvalue weighted by Crippen LogP contribution is -2.48. The summed E-state index contributed by atoms with van der Waals surface area (Å²) in [5, 5.41) is 0. The first-order valence-electron chi connectivity index (χ1n) is 7.62. The molecule has 2 atom stereocenters. The highest BCUT2D eigenvalue weighted by Gasteiger charge is 2.39. The van der Waals surface area contributed by atoms with Crippen molar-refractivity contribution in [3.8, 4) is 0 Å². The SMILES string of the molecule is CCN1CCC[C@@H]1[C@@H]1CCCN1C(=O)c1cnccn1. The lowest BCUT2D eigenvalue weighted by Gasteiger charge is -2.34. The summed E-state index contributed by atoms with van der Waals surface area (Å²) in [5.74, 6) is 0.0450. The van der Waals surface area contributed by atoms with Gasteiger partial charge in [-0.15, -0.1) is 0 Å². The number of carbonyl (C=O) groups is 1. The summed E-state index contributed by atoms with van der Waals surface area (Å²) in [6.07, 6.45) is 9.45. The first-order valence-corrected chi connectivity index (χ1v) is 7.62. The van der Waals surface area contributed by atoms with Crippen LogP contribution in [-0.2, 0) is 0 Å². The third-order valence-corrected chi connectivity index (χ3v) is 4.61. The first kappa shape index (κ1) is 13.5. The van der Waals surface area contributed by atoms with E-state index in [-0.39, 0.29) is 5.91 Å². The lowest BCUT2D eigenvalue weighted by atomic mass is 10.0. The standard InChI is InChI=1S/C15H22N4O/c1-2-18-9-3-5-13(18)14-6-4-10-19(14)15(20)12-11-16-7-8-17-12/h7-8,11,13-14H,2-6,9-10H2,1H3/t13-,14+/m1/s1. The summed E-state index contributed by atoms with van der Waals surface area (Å²) in [5.41, 5.74) is 0.473. The van der Waals surface area contributed by atoms with Crippen molar-refractivity contribution in [1.82, 2.24) is 19.8 Å². The number of likely N-dealkylation sites (N-methyl/N-ethyl adjacent to an activating group) is 1. The predicted molar refractivity (Wildman–Crippen MR) is 76.4 cm³/mol. The summed E-state index contributed by atoms with van der Waals surface area (Å²) in [6.45, 7) is 5.31. The maximum absolute atomic E-state index is 12.6. The van der Waals surface area contributed by atoms with Crippen LogP contribution in [0.5, 0.6) is 0 Å². The van der Waals surface area contributed by atoms with Crippen molar-refractivity contribution in [3.05, 3.63) is 24.3 Å². The Morgan fingerprint density at radius 3 is 2.80 bits per heavy atom. The zero-order chi connectivity index (χ0) is 13.9. The van der Waals surface area contributed by atoms with Crippen LogP contribution < -0.4 is 0 Å². The second-order valence-corrected chi connectivity index (χ2v) is 5.64. The van der Waals surface area contributed by atoms with E-state index in [9.17, 15) is 4.79 Å². The molecule has 1 amide bonds. The summed E-state index contributed by atoms with van der Waals surface area (Å²) < 4.78 is 0. The molecule has 0 unspecified atom stereocenters. The van der Waals surface area contributed by atoms with Crippen molar-refractivity contribution in [3.63, 3.8) is 0 Å². The van der Waals surface area contributed by atoms with Crippen LogP contribution in [0.4, 0.5) is 0 Å². The van der Waals surface area contributed by atoms with Crippen molar-refractivity contribution in [2.75, 3.05) is 19.6 Å². The fourth-order valence-electron chi connectivity index (χ4n) is 3.68. The highest BCUT2D eigenvalue weighted by molar-refractivity contribution is 5.92. The molecule has 3 heterocycles. The molecule has 108 valence electrons. The van der Waals surface area contributed by atoms with E-state index in [1.807, 2.05) is 4.90 Å². The number of amides is 1. The molecule has 0 aromatic carbocycles. The van der Waals surface area contributed by atoms with E-state index in [1.165, 1.54) is 19.4 Å². The fourth-order valence-corrected chi connectivity index (χ4v) is 3.68. The van der Waals surface area contributed by atoms with E-state index in [2.05, 4.69) is 21.8 Å². The molecule has 1 aromatic rings. The highest BCUT2D eigenvalue weighted by Crippen LogP contribution is 2.30. The molecule has 1 aromatic heterocycles. The quantitative estimate of drug-likeness (QED) is 0.839. The second kappa shape index (κ2) is 5.87. The molecule has 2 aliphatic heterocycles. The number of likely N-dealkylation sites (tertiary alicyclic amines) is 2. The van der Waals surface area contributed by atoms with Crippen molar-refractivity contribution < 1.29 is 4.79 Å². The third-order valence-electron chi connectivity index (χ3n) is 4.61. The van der Waals surface area contributed by atoms with E-state index < -0.39 is 0 Å². The predicted octanol–water partition coefficient (Wildman–Crippen LogP) is 1.57. The van der Waals surface area contributed by atoms with Gasteiger partial charge in [-0.25, -0.2) is 4.98 Å². The van der Waals surface area contributed by atoms with Crippen molar-refractivity contribution >= 4 is 5.91 Å². The number of nitrogens with zero attached hydrogens (tertiary/aromatic N) is 4. The molecular weight excluding hydrogens is 252 g/mol. The summed E-state index contributed by atoms with van der Waals surface area (Å²) >= 11 is 0. The molecule has 20 heavy (non-hydrogen) atoms. The molecule has 2 aliphatic rings. The monoisotopic (exact) mass is 274 g/mol. The minimum Gasteiger partial charge on any atom is -0.333 e. The summed E-state index contributed by atoms with van der Waals surface area (Å²) in [7, 11) is 0. The van der Waals surface area contributed by atoms with Gasteiger partial charge in [0.2, 0.25) is 0 Å². The number of hydrogen-bond acceptors (Lipinski definition) is 4. The Labute approximate surface area is 120 Å². The van der Waals surface area contributed by atoms with Gasteiger partial charge < -0.3 is 4.90 Å².